The van der Waals surface area contributed by atoms with E-state index >= 15 is 0 Å². The number of nitrogens with zero attached hydrogens (tertiary/aromatic N) is 4. The first-order valence-electron chi connectivity index (χ1n) is 9.96. The van der Waals surface area contributed by atoms with Crippen molar-refractivity contribution in [2.24, 2.45) is 4.99 Å². The van der Waals surface area contributed by atoms with Gasteiger partial charge in [0.15, 0.2) is 5.96 Å². The van der Waals surface area contributed by atoms with Gasteiger partial charge in [0.25, 0.3) is 0 Å². The number of hydrogen-bond donors (Lipinski definition) is 2. The Balaban J connectivity index is 1.52. The molecule has 8 heteroatoms. The zero-order chi connectivity index (χ0) is 21.2. The fourth-order valence-corrected chi connectivity index (χ4v) is 3.21. The molecule has 0 unspecified atom stereocenters. The summed E-state index contributed by atoms with van der Waals surface area (Å²) < 4.78 is 7.95. The van der Waals surface area contributed by atoms with E-state index < -0.39 is 0 Å². The van der Waals surface area contributed by atoms with Gasteiger partial charge in [-0.1, -0.05) is 54.9 Å². The molecular formula is C22H27ClN6O. The van der Waals surface area contributed by atoms with E-state index in [1.54, 1.807) is 13.4 Å². The van der Waals surface area contributed by atoms with Crippen LogP contribution in [-0.4, -0.2) is 34.3 Å². The molecule has 0 aliphatic heterocycles. The maximum atomic E-state index is 6.19. The van der Waals surface area contributed by atoms with E-state index in [2.05, 4.69) is 44.9 Å². The van der Waals surface area contributed by atoms with Crippen molar-refractivity contribution < 1.29 is 4.74 Å². The lowest BCUT2D eigenvalue weighted by Gasteiger charge is -2.15. The van der Waals surface area contributed by atoms with Gasteiger partial charge in [-0.15, -0.1) is 10.2 Å². The number of aryl methyl sites for hydroxylation is 1. The highest BCUT2D eigenvalue weighted by Crippen LogP contribution is 2.24. The minimum absolute atomic E-state index is 0.445. The van der Waals surface area contributed by atoms with Crippen molar-refractivity contribution in [2.75, 3.05) is 13.6 Å². The molecule has 1 heterocycles. The second-order valence-corrected chi connectivity index (χ2v) is 7.04. The first kappa shape index (κ1) is 21.6. The van der Waals surface area contributed by atoms with Crippen LogP contribution in [-0.2, 0) is 26.1 Å². The zero-order valence-electron chi connectivity index (χ0n) is 17.3. The van der Waals surface area contributed by atoms with Crippen molar-refractivity contribution in [3.05, 3.63) is 76.8 Å². The van der Waals surface area contributed by atoms with Crippen molar-refractivity contribution in [1.29, 1.82) is 0 Å². The average Bonchev–Trinajstić information content (AvgIpc) is 3.23. The third kappa shape index (κ3) is 5.97. The SMILES string of the molecule is CCc1nncn1CCNC(=NC)NCc1ccccc1COc1ccccc1Cl. The van der Waals surface area contributed by atoms with Crippen LogP contribution >= 0.6 is 11.6 Å². The standard InChI is InChI=1S/C22H27ClN6O/c1-3-21-28-27-16-29(21)13-12-25-22(24-2)26-14-17-8-4-5-9-18(17)15-30-20-11-7-6-10-19(20)23/h4-11,16H,3,12-15H2,1-2H3,(H2,24,25,26). The van der Waals surface area contributed by atoms with Crippen LogP contribution < -0.4 is 15.4 Å². The van der Waals surface area contributed by atoms with Gasteiger partial charge in [0.05, 0.1) is 5.02 Å². The Morgan fingerprint density at radius 3 is 2.63 bits per heavy atom. The molecule has 0 radical (unpaired) electrons. The van der Waals surface area contributed by atoms with E-state index in [0.29, 0.717) is 23.9 Å². The number of benzene rings is 2. The van der Waals surface area contributed by atoms with Gasteiger partial charge >= 0.3 is 0 Å². The Morgan fingerprint density at radius 1 is 1.10 bits per heavy atom. The molecule has 0 aliphatic carbocycles. The number of halogens is 1. The van der Waals surface area contributed by atoms with Crippen LogP contribution in [0.25, 0.3) is 0 Å². The summed E-state index contributed by atoms with van der Waals surface area (Å²) in [6.45, 7) is 4.65. The van der Waals surface area contributed by atoms with E-state index in [1.165, 1.54) is 0 Å². The van der Waals surface area contributed by atoms with E-state index in [0.717, 1.165) is 42.4 Å². The molecule has 2 aromatic carbocycles. The van der Waals surface area contributed by atoms with E-state index in [9.17, 15) is 0 Å². The van der Waals surface area contributed by atoms with Crippen LogP contribution in [0.3, 0.4) is 0 Å². The molecule has 0 aliphatic rings. The number of para-hydroxylation sites is 1. The van der Waals surface area contributed by atoms with Gasteiger partial charge in [-0.05, 0) is 23.3 Å². The van der Waals surface area contributed by atoms with Crippen LogP contribution in [0.1, 0.15) is 23.9 Å². The highest BCUT2D eigenvalue weighted by atomic mass is 35.5. The zero-order valence-corrected chi connectivity index (χ0v) is 18.1. The first-order valence-corrected chi connectivity index (χ1v) is 10.3. The summed E-state index contributed by atoms with van der Waals surface area (Å²) in [5, 5.41) is 15.4. The second-order valence-electron chi connectivity index (χ2n) is 6.63. The van der Waals surface area contributed by atoms with Gasteiger partial charge in [-0.25, -0.2) is 0 Å². The van der Waals surface area contributed by atoms with E-state index in [1.807, 2.05) is 41.0 Å². The Kier molecular flexibility index (Phi) is 8.09. The number of aromatic nitrogens is 3. The smallest absolute Gasteiger partial charge is 0.191 e. The fourth-order valence-electron chi connectivity index (χ4n) is 3.02. The maximum absolute atomic E-state index is 6.19. The lowest BCUT2D eigenvalue weighted by molar-refractivity contribution is 0.305. The van der Waals surface area contributed by atoms with Crippen molar-refractivity contribution >= 4 is 17.6 Å². The molecule has 0 spiro atoms. The highest BCUT2D eigenvalue weighted by molar-refractivity contribution is 6.32. The van der Waals surface area contributed by atoms with Crippen LogP contribution in [0.5, 0.6) is 5.75 Å². The Bertz CT molecular complexity index is 972. The van der Waals surface area contributed by atoms with E-state index in [4.69, 9.17) is 16.3 Å². The summed E-state index contributed by atoms with van der Waals surface area (Å²) in [5.74, 6) is 2.40. The Hall–Kier alpha value is -3.06. The third-order valence-electron chi connectivity index (χ3n) is 4.67. The molecule has 0 saturated carbocycles. The largest absolute Gasteiger partial charge is 0.487 e. The van der Waals surface area contributed by atoms with Crippen LogP contribution in [0.15, 0.2) is 59.9 Å². The average molecular weight is 427 g/mol. The summed E-state index contributed by atoms with van der Waals surface area (Å²) in [6.07, 6.45) is 2.62. The number of hydrogen-bond acceptors (Lipinski definition) is 4. The third-order valence-corrected chi connectivity index (χ3v) is 4.98. The summed E-state index contributed by atoms with van der Waals surface area (Å²) in [6, 6.07) is 15.7. The van der Waals surface area contributed by atoms with Gasteiger partial charge in [-0.3, -0.25) is 4.99 Å². The molecule has 0 amide bonds. The minimum atomic E-state index is 0.445. The Labute approximate surface area is 182 Å². The molecule has 0 fully saturated rings. The summed E-state index contributed by atoms with van der Waals surface area (Å²) in [4.78, 5) is 4.30. The molecule has 2 N–H and O–H groups in total. The van der Waals surface area contributed by atoms with Crippen LogP contribution in [0.4, 0.5) is 0 Å². The summed E-state index contributed by atoms with van der Waals surface area (Å²) in [5.41, 5.74) is 2.23. The van der Waals surface area contributed by atoms with Gasteiger partial charge < -0.3 is 19.9 Å². The second kappa shape index (κ2) is 11.2. The van der Waals surface area contributed by atoms with Gasteiger partial charge in [0, 0.05) is 33.1 Å². The van der Waals surface area contributed by atoms with Crippen molar-refractivity contribution in [3.8, 4) is 5.75 Å². The normalized spacial score (nSPS) is 11.4. The van der Waals surface area contributed by atoms with Crippen LogP contribution in [0, 0.1) is 0 Å². The molecule has 0 atom stereocenters. The summed E-state index contributed by atoms with van der Waals surface area (Å²) in [7, 11) is 1.76. The molecular weight excluding hydrogens is 400 g/mol. The van der Waals surface area contributed by atoms with Crippen molar-refractivity contribution in [1.82, 2.24) is 25.4 Å². The van der Waals surface area contributed by atoms with Gasteiger partial charge in [0.1, 0.15) is 24.5 Å². The predicted octanol–water partition coefficient (Wildman–Crippen LogP) is 3.44. The predicted molar refractivity (Wildman–Crippen MR) is 120 cm³/mol. The first-order chi connectivity index (χ1) is 14.7. The topological polar surface area (TPSA) is 76.4 Å². The molecule has 0 bridgehead atoms. The minimum Gasteiger partial charge on any atom is -0.487 e. The molecule has 0 saturated heterocycles. The molecule has 3 aromatic rings. The summed E-state index contributed by atoms with van der Waals surface area (Å²) >= 11 is 6.19. The lowest BCUT2D eigenvalue weighted by atomic mass is 10.1. The highest BCUT2D eigenvalue weighted by Gasteiger charge is 2.07. The molecule has 158 valence electrons. The number of guanidine groups is 1. The van der Waals surface area contributed by atoms with Crippen LogP contribution in [0.2, 0.25) is 5.02 Å². The number of ether oxygens (including phenoxy) is 1. The van der Waals surface area contributed by atoms with Gasteiger partial charge in [0.2, 0.25) is 0 Å². The molecule has 3 rings (SSSR count). The quantitative estimate of drug-likeness (QED) is 0.405. The lowest BCUT2D eigenvalue weighted by Crippen LogP contribution is -2.38. The van der Waals surface area contributed by atoms with Crippen molar-refractivity contribution in [3.63, 3.8) is 0 Å². The number of nitrogens with one attached hydrogen (secondary N) is 2. The fraction of sp³-hybridized carbons (Fsp3) is 0.318. The van der Waals surface area contributed by atoms with E-state index in [-0.39, 0.29) is 0 Å². The number of rotatable bonds is 9. The number of aliphatic imine (C=N–C) groups is 1. The molecule has 7 nitrogen and oxygen atoms in total. The molecule has 30 heavy (non-hydrogen) atoms. The monoisotopic (exact) mass is 426 g/mol. The molecule has 1 aromatic heterocycles. The van der Waals surface area contributed by atoms with Gasteiger partial charge in [-0.2, -0.15) is 0 Å². The maximum Gasteiger partial charge on any atom is 0.191 e. The van der Waals surface area contributed by atoms with Crippen molar-refractivity contribution in [2.45, 2.75) is 33.0 Å². The Morgan fingerprint density at radius 2 is 1.87 bits per heavy atom.